The molecule has 128 valence electrons. The van der Waals surface area contributed by atoms with Crippen LogP contribution in [0.15, 0.2) is 75.9 Å². The van der Waals surface area contributed by atoms with Crippen molar-refractivity contribution < 1.29 is 14.1 Å². The van der Waals surface area contributed by atoms with Crippen molar-refractivity contribution in [2.45, 2.75) is 6.61 Å². The van der Waals surface area contributed by atoms with Crippen LogP contribution in [0.4, 0.5) is 0 Å². The number of benzene rings is 2. The van der Waals surface area contributed by atoms with Crippen LogP contribution in [0, 0.1) is 0 Å². The van der Waals surface area contributed by atoms with E-state index in [1.807, 2.05) is 35.0 Å². The molecule has 0 N–H and O–H groups in total. The fourth-order valence-electron chi connectivity index (χ4n) is 2.42. The van der Waals surface area contributed by atoms with Gasteiger partial charge in [0.15, 0.2) is 12.4 Å². The molecule has 5 nitrogen and oxygen atoms in total. The summed E-state index contributed by atoms with van der Waals surface area (Å²) in [6, 6.07) is 18.1. The number of hydrogen-bond donors (Lipinski definition) is 0. The Balaban J connectivity index is 1.40. The lowest BCUT2D eigenvalue weighted by atomic mass is 10.0. The molecule has 26 heavy (non-hydrogen) atoms. The number of ketones is 1. The second-order valence-electron chi connectivity index (χ2n) is 5.54. The van der Waals surface area contributed by atoms with E-state index in [1.165, 1.54) is 0 Å². The normalized spacial score (nSPS) is 10.6. The first-order valence-corrected chi connectivity index (χ1v) is 8.91. The van der Waals surface area contributed by atoms with Crippen molar-refractivity contribution in [3.8, 4) is 17.2 Å². The first-order chi connectivity index (χ1) is 12.8. The number of hydrogen-bond acceptors (Lipinski definition) is 6. The van der Waals surface area contributed by atoms with Gasteiger partial charge < -0.3 is 9.26 Å². The minimum Gasteiger partial charge on any atom is -0.485 e. The smallest absolute Gasteiger partial charge is 0.258 e. The summed E-state index contributed by atoms with van der Waals surface area (Å²) in [6.07, 6.45) is 0. The van der Waals surface area contributed by atoms with Crippen LogP contribution in [0.25, 0.3) is 11.5 Å². The molecule has 0 aliphatic heterocycles. The van der Waals surface area contributed by atoms with E-state index in [1.54, 1.807) is 47.7 Å². The summed E-state index contributed by atoms with van der Waals surface area (Å²) in [4.78, 5) is 16.7. The molecule has 2 aromatic carbocycles. The van der Waals surface area contributed by atoms with E-state index >= 15 is 0 Å². The van der Waals surface area contributed by atoms with Gasteiger partial charge in [0.2, 0.25) is 5.82 Å². The zero-order valence-electron chi connectivity index (χ0n) is 13.7. The van der Waals surface area contributed by atoms with Gasteiger partial charge in [-0.2, -0.15) is 16.3 Å². The van der Waals surface area contributed by atoms with Crippen molar-refractivity contribution in [2.24, 2.45) is 0 Å². The molecule has 4 aromatic rings. The van der Waals surface area contributed by atoms with E-state index in [4.69, 9.17) is 9.26 Å². The highest BCUT2D eigenvalue weighted by Crippen LogP contribution is 2.21. The third-order valence-electron chi connectivity index (χ3n) is 3.76. The van der Waals surface area contributed by atoms with Crippen molar-refractivity contribution >= 4 is 17.1 Å². The average Bonchev–Trinajstić information content (AvgIpc) is 3.38. The van der Waals surface area contributed by atoms with Crippen molar-refractivity contribution in [2.75, 3.05) is 0 Å². The monoisotopic (exact) mass is 362 g/mol. The fraction of sp³-hybridized carbons (Fsp3) is 0.0500. The molecule has 0 saturated heterocycles. The molecule has 0 aliphatic rings. The van der Waals surface area contributed by atoms with E-state index in [9.17, 15) is 4.79 Å². The Labute approximate surface area is 153 Å². The van der Waals surface area contributed by atoms with Gasteiger partial charge in [-0.1, -0.05) is 35.5 Å². The summed E-state index contributed by atoms with van der Waals surface area (Å²) in [5.41, 5.74) is 2.18. The SMILES string of the molecule is O=C(c1ccccc1)c1ccc(OCc2noc(-c3ccsc3)n2)cc1. The number of carbonyl (C=O) groups is 1. The highest BCUT2D eigenvalue weighted by molar-refractivity contribution is 7.08. The van der Waals surface area contributed by atoms with Crippen molar-refractivity contribution in [3.63, 3.8) is 0 Å². The van der Waals surface area contributed by atoms with E-state index in [-0.39, 0.29) is 12.4 Å². The summed E-state index contributed by atoms with van der Waals surface area (Å²) in [7, 11) is 0. The summed E-state index contributed by atoms with van der Waals surface area (Å²) in [6.45, 7) is 0.194. The molecule has 0 atom stereocenters. The number of rotatable bonds is 6. The summed E-state index contributed by atoms with van der Waals surface area (Å²) < 4.78 is 10.9. The second-order valence-corrected chi connectivity index (χ2v) is 6.32. The zero-order valence-corrected chi connectivity index (χ0v) is 14.5. The first-order valence-electron chi connectivity index (χ1n) is 7.97. The van der Waals surface area contributed by atoms with Crippen LogP contribution in [0.5, 0.6) is 5.75 Å². The quantitative estimate of drug-likeness (QED) is 0.469. The molecule has 6 heteroatoms. The molecular formula is C20H14N2O3S. The third-order valence-corrected chi connectivity index (χ3v) is 4.44. The van der Waals surface area contributed by atoms with Crippen LogP contribution in [-0.4, -0.2) is 15.9 Å². The Morgan fingerprint density at radius 3 is 2.50 bits per heavy atom. The number of ether oxygens (including phenoxy) is 1. The number of nitrogens with zero attached hydrogens (tertiary/aromatic N) is 2. The lowest BCUT2D eigenvalue weighted by Gasteiger charge is -2.05. The fourth-order valence-corrected chi connectivity index (χ4v) is 3.05. The molecular weight excluding hydrogens is 348 g/mol. The van der Waals surface area contributed by atoms with Crippen LogP contribution >= 0.6 is 11.3 Å². The van der Waals surface area contributed by atoms with Gasteiger partial charge in [0.25, 0.3) is 5.89 Å². The zero-order chi connectivity index (χ0) is 17.8. The molecule has 0 fully saturated rings. The lowest BCUT2D eigenvalue weighted by molar-refractivity contribution is 0.103. The van der Waals surface area contributed by atoms with Crippen LogP contribution < -0.4 is 4.74 Å². The Kier molecular flexibility index (Phi) is 4.57. The van der Waals surface area contributed by atoms with Gasteiger partial charge in [-0.15, -0.1) is 0 Å². The molecule has 0 unspecified atom stereocenters. The molecule has 0 amide bonds. The van der Waals surface area contributed by atoms with Gasteiger partial charge >= 0.3 is 0 Å². The molecule has 2 aromatic heterocycles. The van der Waals surface area contributed by atoms with E-state index in [0.29, 0.717) is 28.6 Å². The largest absolute Gasteiger partial charge is 0.485 e. The number of thiophene rings is 1. The highest BCUT2D eigenvalue weighted by Gasteiger charge is 2.11. The molecule has 4 rings (SSSR count). The van der Waals surface area contributed by atoms with Gasteiger partial charge in [0, 0.05) is 16.5 Å². The van der Waals surface area contributed by atoms with Crippen LogP contribution in [0.1, 0.15) is 21.7 Å². The van der Waals surface area contributed by atoms with Crippen LogP contribution in [0.2, 0.25) is 0 Å². The Hall–Kier alpha value is -3.25. The predicted molar refractivity (Wildman–Crippen MR) is 98.3 cm³/mol. The van der Waals surface area contributed by atoms with Crippen molar-refractivity contribution in [1.29, 1.82) is 0 Å². The van der Waals surface area contributed by atoms with Crippen LogP contribution in [0.3, 0.4) is 0 Å². The Morgan fingerprint density at radius 2 is 1.77 bits per heavy atom. The summed E-state index contributed by atoms with van der Waals surface area (Å²) >= 11 is 1.57. The lowest BCUT2D eigenvalue weighted by Crippen LogP contribution is -2.01. The maximum atomic E-state index is 12.4. The maximum absolute atomic E-state index is 12.4. The first kappa shape index (κ1) is 16.2. The van der Waals surface area contributed by atoms with Gasteiger partial charge in [-0.05, 0) is 35.7 Å². The Bertz CT molecular complexity index is 993. The van der Waals surface area contributed by atoms with Crippen molar-refractivity contribution in [1.82, 2.24) is 10.1 Å². The standard InChI is InChI=1S/C20H14N2O3S/c23-19(14-4-2-1-3-5-14)15-6-8-17(9-7-15)24-12-18-21-20(25-22-18)16-10-11-26-13-16/h1-11,13H,12H2. The summed E-state index contributed by atoms with van der Waals surface area (Å²) in [5.74, 6) is 1.57. The average molecular weight is 362 g/mol. The van der Waals surface area contributed by atoms with Gasteiger partial charge in [0.1, 0.15) is 5.75 Å². The molecule has 0 saturated carbocycles. The van der Waals surface area contributed by atoms with E-state index in [0.717, 1.165) is 5.56 Å². The van der Waals surface area contributed by atoms with Crippen LogP contribution in [-0.2, 0) is 6.61 Å². The van der Waals surface area contributed by atoms with Gasteiger partial charge in [-0.25, -0.2) is 0 Å². The minimum atomic E-state index is -0.0178. The molecule has 0 aliphatic carbocycles. The number of aromatic nitrogens is 2. The second kappa shape index (κ2) is 7.33. The Morgan fingerprint density at radius 1 is 1.00 bits per heavy atom. The maximum Gasteiger partial charge on any atom is 0.258 e. The minimum absolute atomic E-state index is 0.0178. The van der Waals surface area contributed by atoms with Crippen molar-refractivity contribution in [3.05, 3.63) is 88.4 Å². The topological polar surface area (TPSA) is 65.2 Å². The highest BCUT2D eigenvalue weighted by atomic mass is 32.1. The number of carbonyl (C=O) groups excluding carboxylic acids is 1. The molecule has 0 radical (unpaired) electrons. The predicted octanol–water partition coefficient (Wildman–Crippen LogP) is 4.61. The van der Waals surface area contributed by atoms with Gasteiger partial charge in [0.05, 0.1) is 5.56 Å². The van der Waals surface area contributed by atoms with E-state index in [2.05, 4.69) is 10.1 Å². The molecule has 2 heterocycles. The summed E-state index contributed by atoms with van der Waals surface area (Å²) in [5, 5.41) is 7.81. The third kappa shape index (κ3) is 3.55. The molecule has 0 spiro atoms. The van der Waals surface area contributed by atoms with Gasteiger partial charge in [-0.3, -0.25) is 4.79 Å². The van der Waals surface area contributed by atoms with E-state index < -0.39 is 0 Å². The molecule has 0 bridgehead atoms.